The molecule has 18 heavy (non-hydrogen) atoms. The van der Waals surface area contributed by atoms with Crippen molar-refractivity contribution in [2.45, 2.75) is 32.6 Å². The number of likely N-dealkylation sites (tertiary alicyclic amines) is 1. The lowest BCUT2D eigenvalue weighted by Gasteiger charge is -2.44. The van der Waals surface area contributed by atoms with E-state index in [4.69, 9.17) is 0 Å². The standard InChI is InChI=1S/C13H26N2O2S/c1-2-18(16,17)12-11-15-9-5-13(6-10-15)3-7-14-8-4-13/h14H,2-12H2,1H3. The number of nitrogens with one attached hydrogen (secondary N) is 1. The van der Waals surface area contributed by atoms with Crippen molar-refractivity contribution in [1.82, 2.24) is 10.2 Å². The van der Waals surface area contributed by atoms with Crippen LogP contribution >= 0.6 is 0 Å². The number of sulfone groups is 1. The summed E-state index contributed by atoms with van der Waals surface area (Å²) in [5, 5.41) is 3.43. The van der Waals surface area contributed by atoms with Crippen molar-refractivity contribution in [2.75, 3.05) is 44.2 Å². The lowest BCUT2D eigenvalue weighted by atomic mass is 9.71. The van der Waals surface area contributed by atoms with E-state index in [9.17, 15) is 8.42 Å². The Labute approximate surface area is 111 Å². The summed E-state index contributed by atoms with van der Waals surface area (Å²) in [5.41, 5.74) is 0.561. The molecule has 0 bridgehead atoms. The number of nitrogens with zero attached hydrogens (tertiary/aromatic N) is 1. The molecule has 106 valence electrons. The molecule has 0 aromatic heterocycles. The van der Waals surface area contributed by atoms with Gasteiger partial charge in [0.25, 0.3) is 0 Å². The van der Waals surface area contributed by atoms with Gasteiger partial charge in [0.05, 0.1) is 5.75 Å². The quantitative estimate of drug-likeness (QED) is 0.827. The van der Waals surface area contributed by atoms with Gasteiger partial charge in [0.2, 0.25) is 0 Å². The molecule has 2 saturated heterocycles. The van der Waals surface area contributed by atoms with Crippen LogP contribution in [0.5, 0.6) is 0 Å². The zero-order valence-corrected chi connectivity index (χ0v) is 12.3. The molecular weight excluding hydrogens is 248 g/mol. The zero-order chi connectivity index (χ0) is 13.1. The highest BCUT2D eigenvalue weighted by Crippen LogP contribution is 2.39. The van der Waals surface area contributed by atoms with Crippen molar-refractivity contribution in [3.8, 4) is 0 Å². The van der Waals surface area contributed by atoms with Crippen LogP contribution in [-0.2, 0) is 9.84 Å². The maximum absolute atomic E-state index is 11.5. The average Bonchev–Trinajstić information content (AvgIpc) is 2.39. The maximum atomic E-state index is 11.5. The second-order valence-electron chi connectivity index (χ2n) is 5.83. The second kappa shape index (κ2) is 5.88. The first kappa shape index (κ1) is 14.3. The topological polar surface area (TPSA) is 49.4 Å². The van der Waals surface area contributed by atoms with Crippen LogP contribution in [0.2, 0.25) is 0 Å². The molecule has 0 aromatic rings. The van der Waals surface area contributed by atoms with Crippen LogP contribution in [0.3, 0.4) is 0 Å². The molecule has 1 spiro atoms. The lowest BCUT2D eigenvalue weighted by molar-refractivity contribution is 0.0773. The summed E-state index contributed by atoms with van der Waals surface area (Å²) in [6.45, 7) is 6.94. The number of rotatable bonds is 4. The maximum Gasteiger partial charge on any atom is 0.151 e. The molecule has 0 aliphatic carbocycles. The van der Waals surface area contributed by atoms with Gasteiger partial charge in [0, 0.05) is 12.3 Å². The van der Waals surface area contributed by atoms with Crippen LogP contribution < -0.4 is 5.32 Å². The van der Waals surface area contributed by atoms with Gasteiger partial charge >= 0.3 is 0 Å². The zero-order valence-electron chi connectivity index (χ0n) is 11.5. The van der Waals surface area contributed by atoms with Crippen molar-refractivity contribution >= 4 is 9.84 Å². The second-order valence-corrected chi connectivity index (χ2v) is 8.30. The van der Waals surface area contributed by atoms with E-state index in [1.54, 1.807) is 6.92 Å². The van der Waals surface area contributed by atoms with Gasteiger partial charge in [0.1, 0.15) is 0 Å². The Kier molecular flexibility index (Phi) is 4.67. The predicted molar refractivity (Wildman–Crippen MR) is 74.5 cm³/mol. The Morgan fingerprint density at radius 3 is 2.28 bits per heavy atom. The lowest BCUT2D eigenvalue weighted by Crippen LogP contribution is -2.46. The van der Waals surface area contributed by atoms with Crippen LogP contribution in [0, 0.1) is 5.41 Å². The highest BCUT2D eigenvalue weighted by molar-refractivity contribution is 7.91. The van der Waals surface area contributed by atoms with E-state index in [2.05, 4.69) is 10.2 Å². The molecular formula is C13H26N2O2S. The minimum absolute atomic E-state index is 0.274. The van der Waals surface area contributed by atoms with E-state index >= 15 is 0 Å². The fourth-order valence-electron chi connectivity index (χ4n) is 3.12. The summed E-state index contributed by atoms with van der Waals surface area (Å²) in [6.07, 6.45) is 5.10. The van der Waals surface area contributed by atoms with Crippen LogP contribution in [-0.4, -0.2) is 57.5 Å². The summed E-state index contributed by atoms with van der Waals surface area (Å²) in [5.74, 6) is 0.606. The van der Waals surface area contributed by atoms with Gasteiger partial charge in [0.15, 0.2) is 9.84 Å². The minimum Gasteiger partial charge on any atom is -0.317 e. The monoisotopic (exact) mass is 274 g/mol. The smallest absolute Gasteiger partial charge is 0.151 e. The van der Waals surface area contributed by atoms with E-state index in [0.717, 1.165) is 32.7 Å². The average molecular weight is 274 g/mol. The molecule has 0 radical (unpaired) electrons. The fraction of sp³-hybridized carbons (Fsp3) is 1.00. The molecule has 0 aromatic carbocycles. The number of hydrogen-bond acceptors (Lipinski definition) is 4. The van der Waals surface area contributed by atoms with E-state index in [0.29, 0.717) is 11.2 Å². The van der Waals surface area contributed by atoms with Gasteiger partial charge in [-0.3, -0.25) is 0 Å². The van der Waals surface area contributed by atoms with Gasteiger partial charge in [-0.25, -0.2) is 8.42 Å². The van der Waals surface area contributed by atoms with Crippen molar-refractivity contribution < 1.29 is 8.42 Å². The molecule has 0 amide bonds. The Morgan fingerprint density at radius 2 is 1.72 bits per heavy atom. The number of piperidine rings is 2. The molecule has 2 aliphatic heterocycles. The summed E-state index contributed by atoms with van der Waals surface area (Å²) in [4.78, 5) is 2.33. The third kappa shape index (κ3) is 3.68. The fourth-order valence-corrected chi connectivity index (χ4v) is 3.95. The molecule has 0 unspecified atom stereocenters. The molecule has 2 fully saturated rings. The first-order valence-corrected chi connectivity index (χ1v) is 9.01. The Balaban J connectivity index is 1.76. The third-order valence-electron chi connectivity index (χ3n) is 4.74. The highest BCUT2D eigenvalue weighted by Gasteiger charge is 2.35. The molecule has 5 heteroatoms. The molecule has 2 heterocycles. The summed E-state index contributed by atoms with van der Waals surface area (Å²) >= 11 is 0. The Bertz CT molecular complexity index is 351. The molecule has 0 saturated carbocycles. The van der Waals surface area contributed by atoms with Crippen LogP contribution in [0.25, 0.3) is 0 Å². The largest absolute Gasteiger partial charge is 0.317 e. The Morgan fingerprint density at radius 1 is 1.11 bits per heavy atom. The first-order chi connectivity index (χ1) is 8.55. The van der Waals surface area contributed by atoms with Crippen LogP contribution in [0.4, 0.5) is 0 Å². The molecule has 4 nitrogen and oxygen atoms in total. The summed E-state index contributed by atoms with van der Waals surface area (Å²) in [7, 11) is -2.80. The van der Waals surface area contributed by atoms with Gasteiger partial charge in [-0.15, -0.1) is 0 Å². The molecule has 2 aliphatic rings. The van der Waals surface area contributed by atoms with Crippen molar-refractivity contribution in [3.05, 3.63) is 0 Å². The Hall–Kier alpha value is -0.130. The number of hydrogen-bond donors (Lipinski definition) is 1. The minimum atomic E-state index is -2.80. The highest BCUT2D eigenvalue weighted by atomic mass is 32.2. The van der Waals surface area contributed by atoms with Gasteiger partial charge < -0.3 is 10.2 Å². The predicted octanol–water partition coefficient (Wildman–Crippen LogP) is 0.887. The SMILES string of the molecule is CCS(=O)(=O)CCN1CCC2(CCNCC2)CC1. The normalized spacial score (nSPS) is 25.4. The van der Waals surface area contributed by atoms with Crippen LogP contribution in [0.1, 0.15) is 32.6 Å². The van der Waals surface area contributed by atoms with E-state index in [1.807, 2.05) is 0 Å². The first-order valence-electron chi connectivity index (χ1n) is 7.19. The van der Waals surface area contributed by atoms with Gasteiger partial charge in [-0.05, 0) is 57.3 Å². The van der Waals surface area contributed by atoms with Crippen molar-refractivity contribution in [1.29, 1.82) is 0 Å². The van der Waals surface area contributed by atoms with Gasteiger partial charge in [-0.1, -0.05) is 6.92 Å². The third-order valence-corrected chi connectivity index (χ3v) is 6.42. The molecule has 0 atom stereocenters. The van der Waals surface area contributed by atoms with E-state index < -0.39 is 9.84 Å². The van der Waals surface area contributed by atoms with Crippen LogP contribution in [0.15, 0.2) is 0 Å². The van der Waals surface area contributed by atoms with Crippen molar-refractivity contribution in [2.24, 2.45) is 5.41 Å². The van der Waals surface area contributed by atoms with E-state index in [-0.39, 0.29) is 5.75 Å². The molecule has 2 rings (SSSR count). The van der Waals surface area contributed by atoms with Gasteiger partial charge in [-0.2, -0.15) is 0 Å². The summed E-state index contributed by atoms with van der Waals surface area (Å²) in [6, 6.07) is 0. The van der Waals surface area contributed by atoms with Crippen molar-refractivity contribution in [3.63, 3.8) is 0 Å². The summed E-state index contributed by atoms with van der Waals surface area (Å²) < 4.78 is 23.0. The molecule has 1 N–H and O–H groups in total. The van der Waals surface area contributed by atoms with E-state index in [1.165, 1.54) is 25.7 Å².